The Hall–Kier alpha value is -3.04. The lowest BCUT2D eigenvalue weighted by Crippen LogP contribution is -2.46. The molecular weight excluding hydrogens is 468 g/mol. The van der Waals surface area contributed by atoms with E-state index in [1.807, 2.05) is 24.3 Å². The van der Waals surface area contributed by atoms with Crippen molar-refractivity contribution in [3.05, 3.63) is 59.7 Å². The molecule has 35 heavy (non-hydrogen) atoms. The number of rotatable bonds is 12. The largest absolute Gasteiger partial charge is 0.467 e. The van der Waals surface area contributed by atoms with Crippen molar-refractivity contribution in [2.75, 3.05) is 32.3 Å². The zero-order valence-electron chi connectivity index (χ0n) is 20.0. The molecule has 0 saturated heterocycles. The maximum atomic E-state index is 12.3. The van der Waals surface area contributed by atoms with E-state index in [2.05, 4.69) is 34.9 Å². The van der Waals surface area contributed by atoms with E-state index in [0.717, 1.165) is 11.1 Å². The van der Waals surface area contributed by atoms with Gasteiger partial charge in [-0.3, -0.25) is 4.79 Å². The number of alkyl carbamates (subject to hydrolysis) is 1. The fraction of sp³-hybridized carbons (Fsp3) is 0.423. The highest BCUT2D eigenvalue weighted by Crippen LogP contribution is 2.44. The Labute approximate surface area is 209 Å². The monoisotopic (exact) mass is 500 g/mol. The number of ether oxygens (including phenoxy) is 2. The molecule has 2 atom stereocenters. The zero-order valence-corrected chi connectivity index (χ0v) is 20.8. The lowest BCUT2D eigenvalue weighted by Gasteiger charge is -2.18. The van der Waals surface area contributed by atoms with Crippen LogP contribution in [0.5, 0.6) is 0 Å². The second-order valence-electron chi connectivity index (χ2n) is 8.30. The summed E-state index contributed by atoms with van der Waals surface area (Å²) in [4.78, 5) is 36.3. The molecule has 2 unspecified atom stereocenters. The molecule has 0 aromatic heterocycles. The van der Waals surface area contributed by atoms with E-state index >= 15 is 0 Å². The molecule has 9 heteroatoms. The number of amides is 2. The SMILES string of the molecule is COC(=O)C(CCCCNC(=O)OCC1c2ccccc2-c2ccccc21)NC(=O)C(O)CSC. The van der Waals surface area contributed by atoms with Crippen LogP contribution in [0.3, 0.4) is 0 Å². The van der Waals surface area contributed by atoms with Gasteiger partial charge in [0.05, 0.1) is 7.11 Å². The van der Waals surface area contributed by atoms with Crippen LogP contribution in [0.2, 0.25) is 0 Å². The van der Waals surface area contributed by atoms with Crippen molar-refractivity contribution in [3.8, 4) is 11.1 Å². The van der Waals surface area contributed by atoms with Gasteiger partial charge in [0, 0.05) is 18.2 Å². The molecule has 2 aromatic carbocycles. The van der Waals surface area contributed by atoms with Gasteiger partial charge in [-0.15, -0.1) is 0 Å². The maximum absolute atomic E-state index is 12.3. The van der Waals surface area contributed by atoms with Gasteiger partial charge >= 0.3 is 12.1 Å². The average molecular weight is 501 g/mol. The van der Waals surface area contributed by atoms with Crippen LogP contribution in [0.4, 0.5) is 4.79 Å². The van der Waals surface area contributed by atoms with E-state index in [4.69, 9.17) is 9.47 Å². The fourth-order valence-corrected chi connectivity index (χ4v) is 4.67. The van der Waals surface area contributed by atoms with Gasteiger partial charge in [0.15, 0.2) is 0 Å². The number of aliphatic hydroxyl groups excluding tert-OH is 1. The second kappa shape index (κ2) is 13.2. The molecule has 0 spiro atoms. The Kier molecular flexibility index (Phi) is 9.98. The van der Waals surface area contributed by atoms with Crippen LogP contribution in [0.15, 0.2) is 48.5 Å². The van der Waals surface area contributed by atoms with Gasteiger partial charge in [-0.25, -0.2) is 9.59 Å². The van der Waals surface area contributed by atoms with Gasteiger partial charge in [0.1, 0.15) is 18.8 Å². The summed E-state index contributed by atoms with van der Waals surface area (Å²) < 4.78 is 10.3. The molecule has 2 amide bonds. The van der Waals surface area contributed by atoms with Crippen molar-refractivity contribution in [2.24, 2.45) is 0 Å². The Bertz CT molecular complexity index is 985. The van der Waals surface area contributed by atoms with E-state index in [1.54, 1.807) is 6.26 Å². The van der Waals surface area contributed by atoms with Gasteiger partial charge in [0.2, 0.25) is 5.91 Å². The number of aliphatic hydroxyl groups is 1. The Morgan fingerprint density at radius 3 is 2.26 bits per heavy atom. The maximum Gasteiger partial charge on any atom is 0.407 e. The van der Waals surface area contributed by atoms with Crippen molar-refractivity contribution in [1.82, 2.24) is 10.6 Å². The first-order chi connectivity index (χ1) is 17.0. The number of benzene rings is 2. The molecular formula is C26H32N2O6S. The first kappa shape index (κ1) is 26.6. The first-order valence-corrected chi connectivity index (χ1v) is 13.0. The minimum Gasteiger partial charge on any atom is -0.467 e. The van der Waals surface area contributed by atoms with Gasteiger partial charge in [-0.05, 0) is 47.8 Å². The number of fused-ring (bicyclic) bond motifs is 3. The molecule has 1 aliphatic carbocycles. The van der Waals surface area contributed by atoms with Crippen molar-refractivity contribution in [3.63, 3.8) is 0 Å². The summed E-state index contributed by atoms with van der Waals surface area (Å²) in [7, 11) is 1.25. The third kappa shape index (κ3) is 6.99. The van der Waals surface area contributed by atoms with Crippen molar-refractivity contribution in [2.45, 2.75) is 37.3 Å². The minimum atomic E-state index is -1.19. The molecule has 1 aliphatic rings. The molecule has 0 bridgehead atoms. The second-order valence-corrected chi connectivity index (χ2v) is 9.21. The van der Waals surface area contributed by atoms with E-state index in [1.165, 1.54) is 30.0 Å². The lowest BCUT2D eigenvalue weighted by atomic mass is 9.98. The van der Waals surface area contributed by atoms with Gasteiger partial charge in [-0.1, -0.05) is 48.5 Å². The Balaban J connectivity index is 1.41. The molecule has 3 rings (SSSR count). The van der Waals surface area contributed by atoms with Crippen LogP contribution < -0.4 is 10.6 Å². The zero-order chi connectivity index (χ0) is 25.2. The number of hydrogen-bond acceptors (Lipinski definition) is 7. The number of carbonyl (C=O) groups excluding carboxylic acids is 3. The van der Waals surface area contributed by atoms with E-state index < -0.39 is 30.1 Å². The smallest absolute Gasteiger partial charge is 0.407 e. The quantitative estimate of drug-likeness (QED) is 0.303. The third-order valence-electron chi connectivity index (χ3n) is 5.96. The molecule has 0 heterocycles. The molecule has 2 aromatic rings. The Morgan fingerprint density at radius 1 is 1.03 bits per heavy atom. The predicted molar refractivity (Wildman–Crippen MR) is 135 cm³/mol. The van der Waals surface area contributed by atoms with E-state index in [0.29, 0.717) is 25.8 Å². The average Bonchev–Trinajstić information content (AvgIpc) is 3.19. The van der Waals surface area contributed by atoms with Crippen molar-refractivity contribution < 1.29 is 29.0 Å². The van der Waals surface area contributed by atoms with Crippen molar-refractivity contribution >= 4 is 29.7 Å². The molecule has 0 aliphatic heterocycles. The Morgan fingerprint density at radius 2 is 1.66 bits per heavy atom. The highest BCUT2D eigenvalue weighted by atomic mass is 32.2. The standard InChI is InChI=1S/C26H32N2O6S/c1-33-25(31)22(28-24(30)23(29)16-35-2)13-7-8-14-27-26(32)34-15-21-19-11-5-3-9-17(19)18-10-4-6-12-20(18)21/h3-6,9-12,21-23,29H,7-8,13-16H2,1-2H3,(H,27,32)(H,28,30). The van der Waals surface area contributed by atoms with Gasteiger partial charge in [-0.2, -0.15) is 11.8 Å². The summed E-state index contributed by atoms with van der Waals surface area (Å²) in [5.41, 5.74) is 4.65. The third-order valence-corrected chi connectivity index (χ3v) is 6.61. The number of unbranched alkanes of at least 4 members (excludes halogenated alkanes) is 1. The lowest BCUT2D eigenvalue weighted by molar-refractivity contribution is -0.146. The van der Waals surface area contributed by atoms with Crippen LogP contribution in [-0.2, 0) is 19.1 Å². The number of nitrogens with one attached hydrogen (secondary N) is 2. The van der Waals surface area contributed by atoms with Crippen LogP contribution in [0, 0.1) is 0 Å². The minimum absolute atomic E-state index is 0.000894. The molecule has 0 radical (unpaired) electrons. The van der Waals surface area contributed by atoms with E-state index in [-0.39, 0.29) is 18.3 Å². The summed E-state index contributed by atoms with van der Waals surface area (Å²) in [5, 5.41) is 15.1. The fourth-order valence-electron chi connectivity index (χ4n) is 4.21. The summed E-state index contributed by atoms with van der Waals surface area (Å²) in [5.74, 6) is -0.936. The molecule has 3 N–H and O–H groups in total. The highest BCUT2D eigenvalue weighted by molar-refractivity contribution is 7.98. The van der Waals surface area contributed by atoms with Crippen LogP contribution in [0.25, 0.3) is 11.1 Å². The number of hydrogen-bond donors (Lipinski definition) is 3. The van der Waals surface area contributed by atoms with Crippen molar-refractivity contribution in [1.29, 1.82) is 0 Å². The molecule has 8 nitrogen and oxygen atoms in total. The van der Waals surface area contributed by atoms with E-state index in [9.17, 15) is 19.5 Å². The number of esters is 1. The molecule has 0 saturated carbocycles. The van der Waals surface area contributed by atoms with Gasteiger partial charge < -0.3 is 25.2 Å². The van der Waals surface area contributed by atoms with Crippen LogP contribution in [0.1, 0.15) is 36.3 Å². The summed E-state index contributed by atoms with van der Waals surface area (Å²) >= 11 is 1.33. The highest BCUT2D eigenvalue weighted by Gasteiger charge is 2.29. The normalized spacial score (nSPS) is 13.8. The number of carbonyl (C=O) groups is 3. The number of methoxy groups -OCH3 is 1. The molecule has 0 fully saturated rings. The summed E-state index contributed by atoms with van der Waals surface area (Å²) in [6, 6.07) is 15.5. The number of thioether (sulfide) groups is 1. The summed E-state index contributed by atoms with van der Waals surface area (Å²) in [6.45, 7) is 0.613. The summed E-state index contributed by atoms with van der Waals surface area (Å²) in [6.07, 6.45) is 1.56. The van der Waals surface area contributed by atoms with Gasteiger partial charge in [0.25, 0.3) is 0 Å². The topological polar surface area (TPSA) is 114 Å². The van der Waals surface area contributed by atoms with Crippen LogP contribution in [-0.4, -0.2) is 67.5 Å². The predicted octanol–water partition coefficient (Wildman–Crippen LogP) is 3.08. The molecule has 188 valence electrons. The van der Waals surface area contributed by atoms with Crippen LogP contribution >= 0.6 is 11.8 Å². The first-order valence-electron chi connectivity index (χ1n) is 11.6.